The average molecular weight is 406 g/mol. The molecule has 0 amide bonds. The van der Waals surface area contributed by atoms with E-state index in [4.69, 9.17) is 9.72 Å². The molecule has 1 aliphatic heterocycles. The van der Waals surface area contributed by atoms with Gasteiger partial charge in [0.05, 0.1) is 6.61 Å². The molecule has 0 radical (unpaired) electrons. The zero-order valence-corrected chi connectivity index (χ0v) is 18.1. The van der Waals surface area contributed by atoms with Gasteiger partial charge in [-0.3, -0.25) is 4.99 Å². The van der Waals surface area contributed by atoms with Crippen LogP contribution in [0.15, 0.2) is 71.5 Å². The first-order valence-electron chi connectivity index (χ1n) is 10.7. The topological polar surface area (TPSA) is 58.0 Å². The Balaban J connectivity index is 1.95. The SMILES string of the molecule is CCCC=C1C=CC=CN1C(=NC)c1ccc2cccc(OCC(CC)CO)c2n1. The maximum atomic E-state index is 9.46. The molecule has 0 saturated carbocycles. The Hall–Kier alpha value is -2.92. The standard InChI is InChI=1S/C25H31N3O2/c1-4-6-11-21-12-7-8-16-28(21)25(26-3)22-15-14-20-10-9-13-23(24(20)27-22)30-18-19(5-2)17-29/h7-16,19,29H,4-6,17-18H2,1-3H3. The predicted molar refractivity (Wildman–Crippen MR) is 124 cm³/mol. The summed E-state index contributed by atoms with van der Waals surface area (Å²) in [6.45, 7) is 4.81. The maximum Gasteiger partial charge on any atom is 0.158 e. The minimum absolute atomic E-state index is 0.118. The molecule has 30 heavy (non-hydrogen) atoms. The van der Waals surface area contributed by atoms with E-state index in [9.17, 15) is 5.11 Å². The third kappa shape index (κ3) is 4.97. The van der Waals surface area contributed by atoms with E-state index in [-0.39, 0.29) is 12.5 Å². The molecule has 0 spiro atoms. The number of ether oxygens (including phenoxy) is 1. The van der Waals surface area contributed by atoms with E-state index in [1.54, 1.807) is 7.05 Å². The molecule has 0 aliphatic carbocycles. The molecule has 0 fully saturated rings. The molecule has 5 heteroatoms. The lowest BCUT2D eigenvalue weighted by atomic mass is 10.1. The molecule has 0 bridgehead atoms. The van der Waals surface area contributed by atoms with Gasteiger partial charge < -0.3 is 14.7 Å². The second-order valence-electron chi connectivity index (χ2n) is 7.33. The number of pyridine rings is 1. The second-order valence-corrected chi connectivity index (χ2v) is 7.33. The van der Waals surface area contributed by atoms with Gasteiger partial charge in [0.15, 0.2) is 5.84 Å². The van der Waals surface area contributed by atoms with Crippen LogP contribution in [0.1, 0.15) is 38.8 Å². The van der Waals surface area contributed by atoms with Gasteiger partial charge in [0.1, 0.15) is 17.0 Å². The van der Waals surface area contributed by atoms with Crippen molar-refractivity contribution in [1.82, 2.24) is 9.88 Å². The van der Waals surface area contributed by atoms with Crippen molar-refractivity contribution in [3.63, 3.8) is 0 Å². The highest BCUT2D eigenvalue weighted by Crippen LogP contribution is 2.26. The summed E-state index contributed by atoms with van der Waals surface area (Å²) in [7, 11) is 1.79. The van der Waals surface area contributed by atoms with Gasteiger partial charge in [-0.2, -0.15) is 0 Å². The predicted octanol–water partition coefficient (Wildman–Crippen LogP) is 5.08. The van der Waals surface area contributed by atoms with Crippen molar-refractivity contribution in [1.29, 1.82) is 0 Å². The highest BCUT2D eigenvalue weighted by molar-refractivity contribution is 6.01. The largest absolute Gasteiger partial charge is 0.491 e. The minimum atomic E-state index is 0.118. The summed E-state index contributed by atoms with van der Waals surface area (Å²) >= 11 is 0. The van der Waals surface area contributed by atoms with E-state index in [0.717, 1.165) is 53.1 Å². The number of hydrogen-bond donors (Lipinski definition) is 1. The number of amidine groups is 1. The number of para-hydroxylation sites is 1. The van der Waals surface area contributed by atoms with Crippen molar-refractivity contribution < 1.29 is 9.84 Å². The quantitative estimate of drug-likeness (QED) is 0.492. The normalized spacial score (nSPS) is 16.5. The number of aliphatic hydroxyl groups is 1. The Labute approximate surface area is 179 Å². The molecule has 1 aromatic carbocycles. The van der Waals surface area contributed by atoms with Crippen LogP contribution < -0.4 is 4.74 Å². The molecule has 1 unspecified atom stereocenters. The molecule has 2 aromatic rings. The summed E-state index contributed by atoms with van der Waals surface area (Å²) < 4.78 is 6.04. The summed E-state index contributed by atoms with van der Waals surface area (Å²) in [6.07, 6.45) is 13.3. The van der Waals surface area contributed by atoms with Gasteiger partial charge in [-0.15, -0.1) is 0 Å². The Morgan fingerprint density at radius 1 is 1.23 bits per heavy atom. The van der Waals surface area contributed by atoms with Gasteiger partial charge in [0.2, 0.25) is 0 Å². The van der Waals surface area contributed by atoms with Crippen molar-refractivity contribution in [3.8, 4) is 5.75 Å². The molecule has 5 nitrogen and oxygen atoms in total. The van der Waals surface area contributed by atoms with Crippen molar-refractivity contribution in [2.75, 3.05) is 20.3 Å². The number of aromatic nitrogens is 1. The first kappa shape index (κ1) is 21.8. The van der Waals surface area contributed by atoms with Crippen LogP contribution in [0.25, 0.3) is 10.9 Å². The van der Waals surface area contributed by atoms with Gasteiger partial charge in [0, 0.05) is 36.9 Å². The van der Waals surface area contributed by atoms with Gasteiger partial charge in [-0.25, -0.2) is 4.98 Å². The molecular weight excluding hydrogens is 374 g/mol. The number of aliphatic hydroxyl groups excluding tert-OH is 1. The molecule has 1 aromatic heterocycles. The lowest BCUT2D eigenvalue weighted by Gasteiger charge is -2.25. The van der Waals surface area contributed by atoms with E-state index < -0.39 is 0 Å². The van der Waals surface area contributed by atoms with E-state index in [0.29, 0.717) is 6.61 Å². The van der Waals surface area contributed by atoms with Gasteiger partial charge in [0.25, 0.3) is 0 Å². The smallest absolute Gasteiger partial charge is 0.158 e. The van der Waals surface area contributed by atoms with Crippen molar-refractivity contribution >= 4 is 16.7 Å². The molecule has 1 aliphatic rings. The Morgan fingerprint density at radius 2 is 2.10 bits per heavy atom. The van der Waals surface area contributed by atoms with Crippen molar-refractivity contribution in [3.05, 3.63) is 72.2 Å². The molecule has 1 N–H and O–H groups in total. The number of hydrogen-bond acceptors (Lipinski definition) is 4. The van der Waals surface area contributed by atoms with Crippen LogP contribution >= 0.6 is 0 Å². The lowest BCUT2D eigenvalue weighted by molar-refractivity contribution is 0.160. The fourth-order valence-electron chi connectivity index (χ4n) is 3.32. The van der Waals surface area contributed by atoms with Crippen LogP contribution in [0.3, 0.4) is 0 Å². The fraction of sp³-hybridized carbons (Fsp3) is 0.360. The highest BCUT2D eigenvalue weighted by Gasteiger charge is 2.18. The molecule has 0 saturated heterocycles. The average Bonchev–Trinajstić information content (AvgIpc) is 2.79. The first-order chi connectivity index (χ1) is 14.7. The lowest BCUT2D eigenvalue weighted by Crippen LogP contribution is -2.27. The summed E-state index contributed by atoms with van der Waals surface area (Å²) in [6, 6.07) is 9.99. The zero-order chi connectivity index (χ0) is 21.3. The van der Waals surface area contributed by atoms with Crippen molar-refractivity contribution in [2.45, 2.75) is 33.1 Å². The van der Waals surface area contributed by atoms with E-state index in [1.165, 1.54) is 0 Å². The summed E-state index contributed by atoms with van der Waals surface area (Å²) in [5.74, 6) is 1.64. The van der Waals surface area contributed by atoms with E-state index in [2.05, 4.69) is 42.0 Å². The molecule has 2 heterocycles. The van der Waals surface area contributed by atoms with Crippen LogP contribution in [0.2, 0.25) is 0 Å². The van der Waals surface area contributed by atoms with E-state index in [1.807, 2.05) is 42.6 Å². The van der Waals surface area contributed by atoms with Gasteiger partial charge in [-0.05, 0) is 37.1 Å². The van der Waals surface area contributed by atoms with Crippen LogP contribution in [-0.4, -0.2) is 41.1 Å². The number of benzene rings is 1. The summed E-state index contributed by atoms with van der Waals surface area (Å²) in [5, 5.41) is 10.5. The summed E-state index contributed by atoms with van der Waals surface area (Å²) in [4.78, 5) is 11.6. The monoisotopic (exact) mass is 405 g/mol. The van der Waals surface area contributed by atoms with Crippen molar-refractivity contribution in [2.24, 2.45) is 10.9 Å². The third-order valence-corrected chi connectivity index (χ3v) is 5.20. The minimum Gasteiger partial charge on any atom is -0.491 e. The third-order valence-electron chi connectivity index (χ3n) is 5.20. The number of aliphatic imine (C=N–C) groups is 1. The molecule has 158 valence electrons. The van der Waals surface area contributed by atoms with Gasteiger partial charge >= 0.3 is 0 Å². The Bertz CT molecular complexity index is 972. The Kier molecular flexibility index (Phi) is 7.80. The van der Waals surface area contributed by atoms with Crippen LogP contribution in [-0.2, 0) is 0 Å². The van der Waals surface area contributed by atoms with E-state index >= 15 is 0 Å². The number of rotatable bonds is 8. The van der Waals surface area contributed by atoms with Crippen LogP contribution in [0.4, 0.5) is 0 Å². The Morgan fingerprint density at radius 3 is 2.83 bits per heavy atom. The number of fused-ring (bicyclic) bond motifs is 1. The van der Waals surface area contributed by atoms with Crippen LogP contribution in [0, 0.1) is 5.92 Å². The molecular formula is C25H31N3O2. The maximum absolute atomic E-state index is 9.46. The number of nitrogens with zero attached hydrogens (tertiary/aromatic N) is 3. The zero-order valence-electron chi connectivity index (χ0n) is 18.1. The van der Waals surface area contributed by atoms with Gasteiger partial charge in [-0.1, -0.05) is 50.6 Å². The molecule has 1 atom stereocenters. The fourth-order valence-corrected chi connectivity index (χ4v) is 3.32. The highest BCUT2D eigenvalue weighted by atomic mass is 16.5. The van der Waals surface area contributed by atoms with Crippen LogP contribution in [0.5, 0.6) is 5.75 Å². The second kappa shape index (κ2) is 10.7. The summed E-state index contributed by atoms with van der Waals surface area (Å²) in [5.41, 5.74) is 2.69. The number of allylic oxidation sites excluding steroid dienone is 4. The first-order valence-corrected chi connectivity index (χ1v) is 10.7. The number of unbranched alkanes of at least 4 members (excludes halogenated alkanes) is 1. The molecule has 3 rings (SSSR count).